The molecule has 0 unspecified atom stereocenters. The third-order valence-electron chi connectivity index (χ3n) is 2.42. The number of anilines is 1. The zero-order chi connectivity index (χ0) is 13.1. The number of hydrogen-bond donors (Lipinski definition) is 2. The van der Waals surface area contributed by atoms with Crippen LogP contribution < -0.4 is 10.1 Å². The molecule has 2 N–H and O–H groups in total. The van der Waals surface area contributed by atoms with E-state index in [0.29, 0.717) is 22.6 Å². The maximum atomic E-state index is 11.7. The van der Waals surface area contributed by atoms with Gasteiger partial charge in [0.25, 0.3) is 5.91 Å². The molecule has 0 aliphatic heterocycles. The average Bonchev–Trinajstić information content (AvgIpc) is 2.28. The van der Waals surface area contributed by atoms with Crippen molar-refractivity contribution in [2.45, 2.75) is 25.9 Å². The van der Waals surface area contributed by atoms with Crippen LogP contribution in [0.4, 0.5) is 5.69 Å². The molecule has 0 aromatic carbocycles. The second kappa shape index (κ2) is 5.46. The van der Waals surface area contributed by atoms with Gasteiger partial charge in [0.1, 0.15) is 10.2 Å². The van der Waals surface area contributed by atoms with Crippen molar-refractivity contribution in [2.75, 3.05) is 12.4 Å². The molecule has 0 bridgehead atoms. The second-order valence-corrected chi connectivity index (χ2v) is 4.61. The van der Waals surface area contributed by atoms with Crippen molar-refractivity contribution in [1.82, 2.24) is 4.98 Å². The van der Waals surface area contributed by atoms with Gasteiger partial charge in [0.15, 0.2) is 0 Å². The smallest absolute Gasteiger partial charge is 0.256 e. The first-order valence-electron chi connectivity index (χ1n) is 5.14. The Hall–Kier alpha value is -1.14. The van der Waals surface area contributed by atoms with Crippen molar-refractivity contribution in [3.05, 3.63) is 16.7 Å². The van der Waals surface area contributed by atoms with E-state index in [2.05, 4.69) is 26.2 Å². The fourth-order valence-electron chi connectivity index (χ4n) is 1.08. The molecule has 1 heterocycles. The molecule has 0 spiro atoms. The van der Waals surface area contributed by atoms with E-state index in [-0.39, 0.29) is 0 Å². The SMILES string of the molecule is CC[C@@](C)(O)C(=O)Nc1cc(Br)nc(OC)c1. The van der Waals surface area contributed by atoms with Crippen LogP contribution in [0.2, 0.25) is 0 Å². The van der Waals surface area contributed by atoms with Crippen molar-refractivity contribution in [3.8, 4) is 5.88 Å². The van der Waals surface area contributed by atoms with Crippen molar-refractivity contribution >= 4 is 27.5 Å². The molecule has 1 aromatic heterocycles. The van der Waals surface area contributed by atoms with Crippen molar-refractivity contribution in [3.63, 3.8) is 0 Å². The van der Waals surface area contributed by atoms with Crippen LogP contribution in [0.1, 0.15) is 20.3 Å². The van der Waals surface area contributed by atoms with E-state index in [1.165, 1.54) is 14.0 Å². The molecular formula is C11H15BrN2O3. The van der Waals surface area contributed by atoms with Gasteiger partial charge in [-0.3, -0.25) is 4.79 Å². The lowest BCUT2D eigenvalue weighted by atomic mass is 10.0. The highest BCUT2D eigenvalue weighted by atomic mass is 79.9. The maximum absolute atomic E-state index is 11.7. The minimum Gasteiger partial charge on any atom is -0.481 e. The minimum absolute atomic E-state index is 0.336. The van der Waals surface area contributed by atoms with Gasteiger partial charge in [-0.05, 0) is 35.3 Å². The number of methoxy groups -OCH3 is 1. The quantitative estimate of drug-likeness (QED) is 0.834. The number of rotatable bonds is 4. The van der Waals surface area contributed by atoms with Crippen molar-refractivity contribution in [2.24, 2.45) is 0 Å². The number of nitrogens with one attached hydrogen (secondary N) is 1. The third kappa shape index (κ3) is 3.67. The molecule has 0 radical (unpaired) electrons. The van der Waals surface area contributed by atoms with Gasteiger partial charge in [-0.15, -0.1) is 0 Å². The number of pyridine rings is 1. The Kier molecular flexibility index (Phi) is 4.47. The maximum Gasteiger partial charge on any atom is 0.256 e. The largest absolute Gasteiger partial charge is 0.481 e. The number of carbonyl (C=O) groups excluding carboxylic acids is 1. The lowest BCUT2D eigenvalue weighted by Gasteiger charge is -2.20. The molecule has 6 heteroatoms. The molecule has 17 heavy (non-hydrogen) atoms. The predicted molar refractivity (Wildman–Crippen MR) is 68.0 cm³/mol. The molecule has 1 amide bonds. The number of aliphatic hydroxyl groups is 1. The molecule has 1 aromatic rings. The van der Waals surface area contributed by atoms with Crippen LogP contribution >= 0.6 is 15.9 Å². The zero-order valence-corrected chi connectivity index (χ0v) is 11.5. The summed E-state index contributed by atoms with van der Waals surface area (Å²) in [6, 6.07) is 3.21. The van der Waals surface area contributed by atoms with Gasteiger partial charge in [0.05, 0.1) is 7.11 Å². The molecule has 0 saturated carbocycles. The summed E-state index contributed by atoms with van der Waals surface area (Å²) in [6.45, 7) is 3.21. The van der Waals surface area contributed by atoms with E-state index in [1.807, 2.05) is 0 Å². The summed E-state index contributed by atoms with van der Waals surface area (Å²) in [7, 11) is 1.49. The Morgan fingerprint density at radius 2 is 2.29 bits per heavy atom. The summed E-state index contributed by atoms with van der Waals surface area (Å²) in [5.74, 6) is -0.0778. The van der Waals surface area contributed by atoms with Gasteiger partial charge >= 0.3 is 0 Å². The highest BCUT2D eigenvalue weighted by molar-refractivity contribution is 9.10. The number of aromatic nitrogens is 1. The molecule has 5 nitrogen and oxygen atoms in total. The van der Waals surface area contributed by atoms with Gasteiger partial charge in [-0.2, -0.15) is 0 Å². The molecule has 94 valence electrons. The van der Waals surface area contributed by atoms with Crippen molar-refractivity contribution < 1.29 is 14.6 Å². The zero-order valence-electron chi connectivity index (χ0n) is 9.95. The molecule has 0 fully saturated rings. The topological polar surface area (TPSA) is 71.5 Å². The molecule has 0 saturated heterocycles. The van der Waals surface area contributed by atoms with Gasteiger partial charge in [-0.1, -0.05) is 6.92 Å². The first-order chi connectivity index (χ1) is 7.89. The van der Waals surface area contributed by atoms with E-state index in [9.17, 15) is 9.90 Å². The average molecular weight is 303 g/mol. The van der Waals surface area contributed by atoms with Gasteiger partial charge < -0.3 is 15.2 Å². The highest BCUT2D eigenvalue weighted by Gasteiger charge is 2.27. The minimum atomic E-state index is -1.39. The lowest BCUT2D eigenvalue weighted by molar-refractivity contribution is -0.132. The van der Waals surface area contributed by atoms with Gasteiger partial charge in [0, 0.05) is 11.8 Å². The Bertz CT molecular complexity index is 421. The number of hydrogen-bond acceptors (Lipinski definition) is 4. The second-order valence-electron chi connectivity index (χ2n) is 3.80. The van der Waals surface area contributed by atoms with Crippen LogP contribution in [0.5, 0.6) is 5.88 Å². The molecule has 1 rings (SSSR count). The first-order valence-corrected chi connectivity index (χ1v) is 5.93. The van der Waals surface area contributed by atoms with Crippen LogP contribution in [0.25, 0.3) is 0 Å². The van der Waals surface area contributed by atoms with E-state index in [4.69, 9.17) is 4.74 Å². The number of nitrogens with zero attached hydrogens (tertiary/aromatic N) is 1. The van der Waals surface area contributed by atoms with Crippen LogP contribution in [-0.2, 0) is 4.79 Å². The fourth-order valence-corrected chi connectivity index (χ4v) is 1.50. The summed E-state index contributed by atoms with van der Waals surface area (Å²) >= 11 is 3.21. The monoisotopic (exact) mass is 302 g/mol. The third-order valence-corrected chi connectivity index (χ3v) is 2.82. The van der Waals surface area contributed by atoms with Crippen LogP contribution in [0.15, 0.2) is 16.7 Å². The van der Waals surface area contributed by atoms with E-state index in [0.717, 1.165) is 0 Å². The molecule has 0 aliphatic rings. The first kappa shape index (κ1) is 13.9. The summed E-state index contributed by atoms with van der Waals surface area (Å²) in [4.78, 5) is 15.8. The summed E-state index contributed by atoms with van der Waals surface area (Å²) < 4.78 is 5.52. The number of carbonyl (C=O) groups is 1. The Labute approximate surface area is 108 Å². The van der Waals surface area contributed by atoms with Gasteiger partial charge in [0.2, 0.25) is 5.88 Å². The van der Waals surface area contributed by atoms with Crippen LogP contribution in [0.3, 0.4) is 0 Å². The number of halogens is 1. The molecular weight excluding hydrogens is 288 g/mol. The fraction of sp³-hybridized carbons (Fsp3) is 0.455. The van der Waals surface area contributed by atoms with E-state index >= 15 is 0 Å². The van der Waals surface area contributed by atoms with E-state index < -0.39 is 11.5 Å². The number of amides is 1. The summed E-state index contributed by atoms with van der Waals surface area (Å²) in [6.07, 6.45) is 0.336. The summed E-state index contributed by atoms with van der Waals surface area (Å²) in [5.41, 5.74) is -0.870. The molecule has 0 aliphatic carbocycles. The predicted octanol–water partition coefficient (Wildman–Crippen LogP) is 1.95. The van der Waals surface area contributed by atoms with E-state index in [1.54, 1.807) is 19.1 Å². The van der Waals surface area contributed by atoms with Crippen molar-refractivity contribution in [1.29, 1.82) is 0 Å². The standard InChI is InChI=1S/C11H15BrN2O3/c1-4-11(2,16)10(15)13-7-5-8(12)14-9(6-7)17-3/h5-6,16H,4H2,1-3H3,(H,13,14,15)/t11-/m1/s1. The van der Waals surface area contributed by atoms with Gasteiger partial charge in [-0.25, -0.2) is 4.98 Å². The Morgan fingerprint density at radius 3 is 2.82 bits per heavy atom. The van der Waals surface area contributed by atoms with Crippen LogP contribution in [0, 0.1) is 0 Å². The Morgan fingerprint density at radius 1 is 1.65 bits per heavy atom. The van der Waals surface area contributed by atoms with Crippen LogP contribution in [-0.4, -0.2) is 28.7 Å². The summed E-state index contributed by atoms with van der Waals surface area (Å²) in [5, 5.41) is 12.4. The molecule has 1 atom stereocenters. The Balaban J connectivity index is 2.88. The highest BCUT2D eigenvalue weighted by Crippen LogP contribution is 2.21. The normalized spacial score (nSPS) is 13.9. The number of ether oxygens (including phenoxy) is 1. The lowest BCUT2D eigenvalue weighted by Crippen LogP contribution is -2.39.